The largest absolute Gasteiger partial charge is 0.326 e. The van der Waals surface area contributed by atoms with E-state index in [-0.39, 0.29) is 18.7 Å². The molecule has 0 atom stereocenters. The molecule has 3 amide bonds. The molecule has 6 heteroatoms. The van der Waals surface area contributed by atoms with E-state index in [1.54, 1.807) is 6.08 Å². The van der Waals surface area contributed by atoms with E-state index in [2.05, 4.69) is 16.2 Å². The van der Waals surface area contributed by atoms with Crippen molar-refractivity contribution in [1.29, 1.82) is 0 Å². The van der Waals surface area contributed by atoms with E-state index in [9.17, 15) is 14.4 Å². The van der Waals surface area contributed by atoms with E-state index < -0.39 is 11.8 Å². The van der Waals surface area contributed by atoms with Crippen molar-refractivity contribution in [3.63, 3.8) is 0 Å². The van der Waals surface area contributed by atoms with E-state index in [1.165, 1.54) is 6.08 Å². The molecule has 0 bridgehead atoms. The summed E-state index contributed by atoms with van der Waals surface area (Å²) in [5, 5.41) is 4.91. The molecule has 6 nitrogen and oxygen atoms in total. The topological polar surface area (TPSA) is 87.3 Å². The molecule has 158 valence electrons. The first-order valence-corrected chi connectivity index (χ1v) is 10.0. The third-order valence-electron chi connectivity index (χ3n) is 4.80. The molecule has 3 N–H and O–H groups in total. The lowest BCUT2D eigenvalue weighted by Crippen LogP contribution is -2.41. The van der Waals surface area contributed by atoms with Gasteiger partial charge in [0.1, 0.15) is 0 Å². The molecule has 31 heavy (non-hydrogen) atoms. The summed E-state index contributed by atoms with van der Waals surface area (Å²) in [5.41, 5.74) is 8.36. The van der Waals surface area contributed by atoms with Crippen molar-refractivity contribution in [3.05, 3.63) is 83.4 Å². The van der Waals surface area contributed by atoms with Crippen LogP contribution in [-0.4, -0.2) is 17.7 Å². The van der Waals surface area contributed by atoms with Gasteiger partial charge in [-0.1, -0.05) is 60.2 Å². The van der Waals surface area contributed by atoms with Crippen LogP contribution in [0.3, 0.4) is 0 Å². The maximum atomic E-state index is 12.1. The normalized spacial score (nSPS) is 10.8. The standard InChI is InChI=1S/C25H25N3O3/c1-17-10-12-22(18(2)16-17)26-23(29)14-15-25(31)28-27-24(30)13-11-20-8-5-7-19-6-3-4-9-21(19)20/h3-13,16H,14-15H2,1-2H3,(H,26,29)(H,27,30)(H,28,31). The fraction of sp³-hybridized carbons (Fsp3) is 0.160. The average Bonchev–Trinajstić information content (AvgIpc) is 2.76. The number of aryl methyl sites for hydroxylation is 2. The van der Waals surface area contributed by atoms with Crippen molar-refractivity contribution in [3.8, 4) is 0 Å². The second kappa shape index (κ2) is 10.2. The Hall–Kier alpha value is -3.93. The number of benzene rings is 3. The first kappa shape index (κ1) is 21.8. The smallest absolute Gasteiger partial charge is 0.262 e. The highest BCUT2D eigenvalue weighted by Gasteiger charge is 2.09. The third kappa shape index (κ3) is 6.27. The van der Waals surface area contributed by atoms with E-state index >= 15 is 0 Å². The fourth-order valence-electron chi connectivity index (χ4n) is 3.19. The fourth-order valence-corrected chi connectivity index (χ4v) is 3.19. The molecule has 0 aliphatic carbocycles. The summed E-state index contributed by atoms with van der Waals surface area (Å²) in [6, 6.07) is 19.5. The van der Waals surface area contributed by atoms with E-state index in [0.29, 0.717) is 0 Å². The van der Waals surface area contributed by atoms with Crippen LogP contribution in [0.5, 0.6) is 0 Å². The molecule has 3 aromatic carbocycles. The molecule has 0 aliphatic heterocycles. The molecule has 0 aromatic heterocycles. The Labute approximate surface area is 181 Å². The Balaban J connectivity index is 1.44. The van der Waals surface area contributed by atoms with Crippen LogP contribution in [0.1, 0.15) is 29.5 Å². The number of hydrogen-bond acceptors (Lipinski definition) is 3. The number of anilines is 1. The maximum Gasteiger partial charge on any atom is 0.262 e. The van der Waals surface area contributed by atoms with Gasteiger partial charge in [-0.25, -0.2) is 0 Å². The Bertz CT molecular complexity index is 1150. The molecule has 0 spiro atoms. The van der Waals surface area contributed by atoms with Crippen molar-refractivity contribution in [1.82, 2.24) is 10.9 Å². The first-order valence-electron chi connectivity index (χ1n) is 10.0. The van der Waals surface area contributed by atoms with Crippen LogP contribution in [-0.2, 0) is 14.4 Å². The zero-order valence-electron chi connectivity index (χ0n) is 17.6. The van der Waals surface area contributed by atoms with Crippen molar-refractivity contribution >= 4 is 40.3 Å². The van der Waals surface area contributed by atoms with Crippen LogP contribution in [0.4, 0.5) is 5.69 Å². The summed E-state index contributed by atoms with van der Waals surface area (Å²) in [5.74, 6) is -1.16. The zero-order valence-corrected chi connectivity index (χ0v) is 17.6. The van der Waals surface area contributed by atoms with Gasteiger partial charge >= 0.3 is 0 Å². The Morgan fingerprint density at radius 3 is 2.39 bits per heavy atom. The Morgan fingerprint density at radius 1 is 0.839 bits per heavy atom. The van der Waals surface area contributed by atoms with Gasteiger partial charge in [-0.05, 0) is 47.9 Å². The lowest BCUT2D eigenvalue weighted by atomic mass is 10.0. The minimum Gasteiger partial charge on any atom is -0.326 e. The highest BCUT2D eigenvalue weighted by Crippen LogP contribution is 2.19. The van der Waals surface area contributed by atoms with Crippen molar-refractivity contribution in [2.75, 3.05) is 5.32 Å². The quantitative estimate of drug-likeness (QED) is 0.419. The number of hydrogen-bond donors (Lipinski definition) is 3. The predicted molar refractivity (Wildman–Crippen MR) is 123 cm³/mol. The molecule has 0 saturated heterocycles. The Morgan fingerprint density at radius 2 is 1.58 bits per heavy atom. The first-order chi connectivity index (χ1) is 14.9. The average molecular weight is 415 g/mol. The molecule has 3 aromatic rings. The number of amides is 3. The number of fused-ring (bicyclic) bond motifs is 1. The summed E-state index contributed by atoms with van der Waals surface area (Å²) in [4.78, 5) is 36.0. The van der Waals surface area contributed by atoms with Gasteiger partial charge in [-0.2, -0.15) is 0 Å². The van der Waals surface area contributed by atoms with E-state index in [4.69, 9.17) is 0 Å². The minimum absolute atomic E-state index is 0.0147. The van der Waals surface area contributed by atoms with Crippen LogP contribution in [0, 0.1) is 13.8 Å². The number of carbonyl (C=O) groups excluding carboxylic acids is 3. The van der Waals surface area contributed by atoms with Crippen LogP contribution >= 0.6 is 0 Å². The van der Waals surface area contributed by atoms with Crippen molar-refractivity contribution in [2.45, 2.75) is 26.7 Å². The zero-order chi connectivity index (χ0) is 22.2. The molecule has 0 fully saturated rings. The summed E-state index contributed by atoms with van der Waals surface area (Å²) in [7, 11) is 0. The minimum atomic E-state index is -0.457. The third-order valence-corrected chi connectivity index (χ3v) is 4.80. The SMILES string of the molecule is Cc1ccc(NC(=O)CCC(=O)NNC(=O)C=Cc2cccc3ccccc23)c(C)c1. The molecule has 3 rings (SSSR count). The summed E-state index contributed by atoms with van der Waals surface area (Å²) < 4.78 is 0. The van der Waals surface area contributed by atoms with E-state index in [1.807, 2.05) is 74.5 Å². The Kier molecular flexibility index (Phi) is 7.17. The molecular weight excluding hydrogens is 390 g/mol. The number of hydrazine groups is 1. The number of rotatable bonds is 6. The van der Waals surface area contributed by atoms with Gasteiger partial charge in [0.05, 0.1) is 0 Å². The summed E-state index contributed by atoms with van der Waals surface area (Å²) in [6.07, 6.45) is 3.03. The molecule has 0 aliphatic rings. The highest BCUT2D eigenvalue weighted by molar-refractivity contribution is 5.98. The molecular formula is C25H25N3O3. The second-order valence-electron chi connectivity index (χ2n) is 7.31. The van der Waals surface area contributed by atoms with Gasteiger partial charge in [0.2, 0.25) is 11.8 Å². The van der Waals surface area contributed by atoms with Crippen molar-refractivity contribution < 1.29 is 14.4 Å². The van der Waals surface area contributed by atoms with Gasteiger partial charge in [-0.3, -0.25) is 25.2 Å². The highest BCUT2D eigenvalue weighted by atomic mass is 16.2. The second-order valence-corrected chi connectivity index (χ2v) is 7.31. The number of nitrogens with one attached hydrogen (secondary N) is 3. The monoisotopic (exact) mass is 415 g/mol. The van der Waals surface area contributed by atoms with Gasteiger partial charge in [0.25, 0.3) is 5.91 Å². The van der Waals surface area contributed by atoms with Crippen LogP contribution in [0.25, 0.3) is 16.8 Å². The summed E-state index contributed by atoms with van der Waals surface area (Å²) in [6.45, 7) is 3.89. The summed E-state index contributed by atoms with van der Waals surface area (Å²) >= 11 is 0. The van der Waals surface area contributed by atoms with Crippen molar-refractivity contribution in [2.24, 2.45) is 0 Å². The molecule has 0 unspecified atom stereocenters. The van der Waals surface area contributed by atoms with Gasteiger partial charge in [-0.15, -0.1) is 0 Å². The van der Waals surface area contributed by atoms with Gasteiger partial charge < -0.3 is 5.32 Å². The lowest BCUT2D eigenvalue weighted by molar-refractivity contribution is -0.128. The number of carbonyl (C=O) groups is 3. The maximum absolute atomic E-state index is 12.1. The lowest BCUT2D eigenvalue weighted by Gasteiger charge is -2.09. The van der Waals surface area contributed by atoms with Gasteiger partial charge in [0, 0.05) is 24.6 Å². The van der Waals surface area contributed by atoms with Crippen LogP contribution < -0.4 is 16.2 Å². The van der Waals surface area contributed by atoms with Gasteiger partial charge in [0.15, 0.2) is 0 Å². The van der Waals surface area contributed by atoms with E-state index in [0.717, 1.165) is 33.2 Å². The molecule has 0 saturated carbocycles. The van der Waals surface area contributed by atoms with Crippen LogP contribution in [0.15, 0.2) is 66.7 Å². The predicted octanol–water partition coefficient (Wildman–Crippen LogP) is 4.04. The van der Waals surface area contributed by atoms with Crippen LogP contribution in [0.2, 0.25) is 0 Å². The molecule has 0 radical (unpaired) electrons. The molecule has 0 heterocycles.